The van der Waals surface area contributed by atoms with E-state index in [2.05, 4.69) is 5.32 Å². The summed E-state index contributed by atoms with van der Waals surface area (Å²) in [5.41, 5.74) is 0.282. The molecule has 0 aliphatic heterocycles. The van der Waals surface area contributed by atoms with E-state index in [1.165, 1.54) is 6.26 Å². The fraction of sp³-hybridized carbons (Fsp3) is 0.571. The molecule has 0 radical (unpaired) electrons. The van der Waals surface area contributed by atoms with Gasteiger partial charge in [-0.05, 0) is 25.0 Å². The predicted octanol–water partition coefficient (Wildman–Crippen LogP) is 2.14. The zero-order valence-corrected chi connectivity index (χ0v) is 13.1. The number of aliphatic hydroxyl groups excluding tert-OH is 1. The maximum Gasteiger partial charge on any atom is 0.175 e. The summed E-state index contributed by atoms with van der Waals surface area (Å²) in [6.45, 7) is 0.411. The molecule has 1 aromatic carbocycles. The highest BCUT2D eigenvalue weighted by Gasteiger charge is 2.33. The smallest absolute Gasteiger partial charge is 0.175 e. The molecule has 0 amide bonds. The lowest BCUT2D eigenvalue weighted by Crippen LogP contribution is -2.45. The molecule has 4 nitrogen and oxygen atoms in total. The number of hydrogen-bond donors (Lipinski definition) is 2. The number of aliphatic hydroxyl groups is 1. The Morgan fingerprint density at radius 3 is 2.55 bits per heavy atom. The molecule has 1 saturated carbocycles. The Morgan fingerprint density at radius 2 is 2.00 bits per heavy atom. The van der Waals surface area contributed by atoms with E-state index in [1.54, 1.807) is 18.2 Å². The maximum atomic E-state index is 11.8. The summed E-state index contributed by atoms with van der Waals surface area (Å²) in [5, 5.41) is 13.3. The highest BCUT2D eigenvalue weighted by atomic mass is 35.5. The minimum atomic E-state index is -3.32. The Hall–Kier alpha value is -0.620. The second kappa shape index (κ2) is 6.02. The third-order valence-corrected chi connectivity index (χ3v) is 5.51. The van der Waals surface area contributed by atoms with Gasteiger partial charge < -0.3 is 10.4 Å². The molecule has 112 valence electrons. The van der Waals surface area contributed by atoms with Gasteiger partial charge >= 0.3 is 0 Å². The summed E-state index contributed by atoms with van der Waals surface area (Å²) in [6.07, 6.45) is 5.15. The number of benzene rings is 1. The zero-order valence-electron chi connectivity index (χ0n) is 11.5. The van der Waals surface area contributed by atoms with E-state index < -0.39 is 9.84 Å². The molecule has 1 aliphatic carbocycles. The molecule has 0 spiro atoms. The van der Waals surface area contributed by atoms with E-state index >= 15 is 0 Å². The standard InChI is InChI=1S/C14H20ClNO3S/c1-20(18,19)13-6-4-5-12(15)11(13)9-16-14(10-17)7-2-3-8-14/h4-6,16-17H,2-3,7-10H2,1H3. The number of hydrogen-bond acceptors (Lipinski definition) is 4. The lowest BCUT2D eigenvalue weighted by molar-refractivity contribution is 0.162. The van der Waals surface area contributed by atoms with Crippen molar-refractivity contribution in [3.63, 3.8) is 0 Å². The second-order valence-electron chi connectivity index (χ2n) is 5.49. The third kappa shape index (κ3) is 3.34. The van der Waals surface area contributed by atoms with Crippen molar-refractivity contribution in [3.05, 3.63) is 28.8 Å². The molecule has 2 rings (SSSR count). The van der Waals surface area contributed by atoms with Crippen LogP contribution in [0.15, 0.2) is 23.1 Å². The van der Waals surface area contributed by atoms with Crippen LogP contribution in [0.3, 0.4) is 0 Å². The zero-order chi connectivity index (χ0) is 14.8. The summed E-state index contributed by atoms with van der Waals surface area (Å²) in [7, 11) is -3.32. The van der Waals surface area contributed by atoms with E-state index in [4.69, 9.17) is 11.6 Å². The van der Waals surface area contributed by atoms with Gasteiger partial charge in [0.1, 0.15) is 0 Å². The monoisotopic (exact) mass is 317 g/mol. The SMILES string of the molecule is CS(=O)(=O)c1cccc(Cl)c1CNC1(CO)CCCC1. The van der Waals surface area contributed by atoms with Gasteiger partial charge in [-0.15, -0.1) is 0 Å². The van der Waals surface area contributed by atoms with Crippen LogP contribution in [0.4, 0.5) is 0 Å². The van der Waals surface area contributed by atoms with Gasteiger partial charge in [-0.1, -0.05) is 30.5 Å². The van der Waals surface area contributed by atoms with Crippen LogP contribution < -0.4 is 5.32 Å². The van der Waals surface area contributed by atoms with Crippen molar-refractivity contribution in [3.8, 4) is 0 Å². The predicted molar refractivity (Wildman–Crippen MR) is 79.7 cm³/mol. The molecule has 2 N–H and O–H groups in total. The number of sulfone groups is 1. The molecule has 0 atom stereocenters. The van der Waals surface area contributed by atoms with Crippen LogP contribution in [0.5, 0.6) is 0 Å². The average molecular weight is 318 g/mol. The van der Waals surface area contributed by atoms with Gasteiger partial charge in [0.25, 0.3) is 0 Å². The Morgan fingerprint density at radius 1 is 1.35 bits per heavy atom. The first kappa shape index (κ1) is 15.8. The van der Waals surface area contributed by atoms with Crippen LogP contribution in [0.25, 0.3) is 0 Å². The summed E-state index contributed by atoms with van der Waals surface area (Å²) in [4.78, 5) is 0.253. The van der Waals surface area contributed by atoms with Crippen molar-refractivity contribution < 1.29 is 13.5 Å². The summed E-state index contributed by atoms with van der Waals surface area (Å²) in [5.74, 6) is 0. The fourth-order valence-electron chi connectivity index (χ4n) is 2.78. The first-order valence-electron chi connectivity index (χ1n) is 6.71. The molecule has 1 aromatic rings. The molecule has 6 heteroatoms. The van der Waals surface area contributed by atoms with Gasteiger partial charge in [0, 0.05) is 28.9 Å². The minimum Gasteiger partial charge on any atom is -0.394 e. The molecule has 0 unspecified atom stereocenters. The third-order valence-electron chi connectivity index (χ3n) is 3.98. The molecular formula is C14H20ClNO3S. The molecule has 0 aromatic heterocycles. The van der Waals surface area contributed by atoms with E-state index in [1.807, 2.05) is 0 Å². The second-order valence-corrected chi connectivity index (χ2v) is 7.88. The van der Waals surface area contributed by atoms with E-state index in [0.717, 1.165) is 25.7 Å². The van der Waals surface area contributed by atoms with Crippen molar-refractivity contribution >= 4 is 21.4 Å². The van der Waals surface area contributed by atoms with Crippen LogP contribution in [0.2, 0.25) is 5.02 Å². The summed E-state index contributed by atoms with van der Waals surface area (Å²) < 4.78 is 23.6. The molecule has 20 heavy (non-hydrogen) atoms. The maximum absolute atomic E-state index is 11.8. The number of halogens is 1. The van der Waals surface area contributed by atoms with Gasteiger partial charge in [0.2, 0.25) is 0 Å². The normalized spacial score (nSPS) is 18.4. The number of nitrogens with one attached hydrogen (secondary N) is 1. The van der Waals surface area contributed by atoms with Crippen molar-refractivity contribution in [2.24, 2.45) is 0 Å². The van der Waals surface area contributed by atoms with Crippen molar-refractivity contribution in [1.29, 1.82) is 0 Å². The Kier molecular flexibility index (Phi) is 4.74. The first-order chi connectivity index (χ1) is 9.38. The van der Waals surface area contributed by atoms with E-state index in [0.29, 0.717) is 17.1 Å². The molecular weight excluding hydrogens is 298 g/mol. The summed E-state index contributed by atoms with van der Waals surface area (Å²) in [6, 6.07) is 4.89. The minimum absolute atomic E-state index is 0.0612. The molecule has 0 saturated heterocycles. The van der Waals surface area contributed by atoms with Gasteiger partial charge in [0.15, 0.2) is 9.84 Å². The first-order valence-corrected chi connectivity index (χ1v) is 8.98. The van der Waals surface area contributed by atoms with Crippen LogP contribution >= 0.6 is 11.6 Å². The molecule has 0 heterocycles. The van der Waals surface area contributed by atoms with Gasteiger partial charge in [-0.3, -0.25) is 0 Å². The van der Waals surface area contributed by atoms with E-state index in [9.17, 15) is 13.5 Å². The van der Waals surface area contributed by atoms with Gasteiger partial charge in [-0.25, -0.2) is 8.42 Å². The molecule has 1 aliphatic rings. The Balaban J connectivity index is 2.25. The van der Waals surface area contributed by atoms with Crippen LogP contribution in [-0.4, -0.2) is 31.9 Å². The number of rotatable bonds is 5. The highest BCUT2D eigenvalue weighted by Crippen LogP contribution is 2.31. The lowest BCUT2D eigenvalue weighted by atomic mass is 9.98. The van der Waals surface area contributed by atoms with Crippen molar-refractivity contribution in [2.75, 3.05) is 12.9 Å². The Bertz CT molecular complexity index is 580. The van der Waals surface area contributed by atoms with Gasteiger partial charge in [0.05, 0.1) is 11.5 Å². The van der Waals surface area contributed by atoms with Gasteiger partial charge in [-0.2, -0.15) is 0 Å². The Labute approximate surface area is 125 Å². The largest absolute Gasteiger partial charge is 0.394 e. The summed E-state index contributed by atoms with van der Waals surface area (Å²) >= 11 is 6.14. The lowest BCUT2D eigenvalue weighted by Gasteiger charge is -2.28. The van der Waals surface area contributed by atoms with Crippen molar-refractivity contribution in [1.82, 2.24) is 5.32 Å². The van der Waals surface area contributed by atoms with Crippen LogP contribution in [0, 0.1) is 0 Å². The molecule has 1 fully saturated rings. The van der Waals surface area contributed by atoms with Crippen LogP contribution in [-0.2, 0) is 16.4 Å². The fourth-order valence-corrected chi connectivity index (χ4v) is 4.03. The van der Waals surface area contributed by atoms with Crippen LogP contribution in [0.1, 0.15) is 31.2 Å². The molecule has 0 bridgehead atoms. The highest BCUT2D eigenvalue weighted by molar-refractivity contribution is 7.90. The van der Waals surface area contributed by atoms with Crippen molar-refractivity contribution in [2.45, 2.75) is 42.7 Å². The van der Waals surface area contributed by atoms with E-state index in [-0.39, 0.29) is 17.0 Å². The average Bonchev–Trinajstić information content (AvgIpc) is 2.85. The topological polar surface area (TPSA) is 66.4 Å². The quantitative estimate of drug-likeness (QED) is 0.873.